The van der Waals surface area contributed by atoms with Crippen LogP contribution in [0.15, 0.2) is 6.07 Å². The number of alkyl halides is 2. The van der Waals surface area contributed by atoms with E-state index in [4.69, 9.17) is 5.11 Å². The molecule has 0 saturated heterocycles. The molecular weight excluding hydrogens is 198 g/mol. The predicted octanol–water partition coefficient (Wildman–Crippen LogP) is 0.821. The number of aromatic nitrogens is 2. The summed E-state index contributed by atoms with van der Waals surface area (Å²) < 4.78 is 30.0. The van der Waals surface area contributed by atoms with Crippen molar-refractivity contribution < 1.29 is 23.4 Å². The molecule has 0 aliphatic carbocycles. The van der Waals surface area contributed by atoms with Crippen molar-refractivity contribution in [1.82, 2.24) is 9.78 Å². The van der Waals surface area contributed by atoms with Gasteiger partial charge in [0.05, 0.1) is 0 Å². The number of aryl methyl sites for hydroxylation is 1. The molecule has 0 aliphatic heterocycles. The minimum atomic E-state index is -2.66. The first-order valence-electron chi connectivity index (χ1n) is 3.67. The van der Waals surface area contributed by atoms with Gasteiger partial charge in [-0.1, -0.05) is 0 Å². The van der Waals surface area contributed by atoms with Crippen LogP contribution in [0.25, 0.3) is 0 Å². The fourth-order valence-electron chi connectivity index (χ4n) is 0.865. The highest BCUT2D eigenvalue weighted by molar-refractivity contribution is 5.68. The normalized spacial score (nSPS) is 10.6. The summed E-state index contributed by atoms with van der Waals surface area (Å²) in [4.78, 5) is 10.1. The maximum Gasteiger partial charge on any atom is 0.341 e. The average Bonchev–Trinajstić information content (AvgIpc) is 2.43. The van der Waals surface area contributed by atoms with Crippen molar-refractivity contribution in [1.29, 1.82) is 0 Å². The Labute approximate surface area is 77.9 Å². The van der Waals surface area contributed by atoms with Gasteiger partial charge in [-0.15, -0.1) is 5.10 Å². The largest absolute Gasteiger partial charge is 0.479 e. The van der Waals surface area contributed by atoms with Gasteiger partial charge in [-0.25, -0.2) is 13.6 Å². The lowest BCUT2D eigenvalue weighted by Crippen LogP contribution is -2.09. The van der Waals surface area contributed by atoms with Crippen molar-refractivity contribution in [3.05, 3.63) is 11.8 Å². The Bertz CT molecular complexity index is 338. The summed E-state index contributed by atoms with van der Waals surface area (Å²) in [5.41, 5.74) is -0.314. The van der Waals surface area contributed by atoms with E-state index in [1.54, 1.807) is 0 Å². The second-order valence-electron chi connectivity index (χ2n) is 2.51. The average molecular weight is 206 g/mol. The van der Waals surface area contributed by atoms with Gasteiger partial charge in [0.1, 0.15) is 5.69 Å². The third kappa shape index (κ3) is 2.41. The zero-order valence-electron chi connectivity index (χ0n) is 7.28. The van der Waals surface area contributed by atoms with Crippen molar-refractivity contribution in [2.45, 2.75) is 6.43 Å². The molecule has 1 aromatic rings. The maximum atomic E-state index is 12.2. The van der Waals surface area contributed by atoms with E-state index < -0.39 is 19.0 Å². The molecule has 0 radical (unpaired) electrons. The van der Waals surface area contributed by atoms with Crippen LogP contribution in [0.3, 0.4) is 0 Å². The molecule has 7 heteroatoms. The third-order valence-electron chi connectivity index (χ3n) is 1.46. The molecule has 0 unspecified atom stereocenters. The molecule has 0 saturated carbocycles. The van der Waals surface area contributed by atoms with Crippen LogP contribution >= 0.6 is 0 Å². The van der Waals surface area contributed by atoms with Crippen LogP contribution in [-0.2, 0) is 11.8 Å². The molecule has 14 heavy (non-hydrogen) atoms. The van der Waals surface area contributed by atoms with Gasteiger partial charge in [-0.3, -0.25) is 4.68 Å². The molecule has 0 spiro atoms. The van der Waals surface area contributed by atoms with Crippen molar-refractivity contribution in [2.75, 3.05) is 6.61 Å². The molecular formula is C7H8F2N2O3. The monoisotopic (exact) mass is 206 g/mol. The summed E-state index contributed by atoms with van der Waals surface area (Å²) >= 11 is 0. The number of rotatable bonds is 4. The van der Waals surface area contributed by atoms with Gasteiger partial charge in [0.25, 0.3) is 6.43 Å². The van der Waals surface area contributed by atoms with Crippen molar-refractivity contribution in [3.63, 3.8) is 0 Å². The van der Waals surface area contributed by atoms with Crippen LogP contribution in [0.1, 0.15) is 12.1 Å². The van der Waals surface area contributed by atoms with Gasteiger partial charge in [-0.05, 0) is 0 Å². The van der Waals surface area contributed by atoms with Crippen LogP contribution in [0.5, 0.6) is 5.88 Å². The van der Waals surface area contributed by atoms with Gasteiger partial charge in [-0.2, -0.15) is 0 Å². The second kappa shape index (κ2) is 4.03. The highest BCUT2D eigenvalue weighted by Gasteiger charge is 2.15. The second-order valence-corrected chi connectivity index (χ2v) is 2.51. The molecule has 0 aromatic carbocycles. The Balaban J connectivity index is 2.71. The molecule has 0 aliphatic rings. The minimum Gasteiger partial charge on any atom is -0.479 e. The van der Waals surface area contributed by atoms with Crippen LogP contribution in [0.2, 0.25) is 0 Å². The Hall–Kier alpha value is -1.66. The zero-order valence-corrected chi connectivity index (χ0v) is 7.28. The van der Waals surface area contributed by atoms with E-state index in [2.05, 4.69) is 9.84 Å². The lowest BCUT2D eigenvalue weighted by Gasteiger charge is -1.96. The van der Waals surface area contributed by atoms with E-state index in [1.165, 1.54) is 7.05 Å². The molecule has 1 aromatic heterocycles. The smallest absolute Gasteiger partial charge is 0.341 e. The van der Waals surface area contributed by atoms with Crippen molar-refractivity contribution in [2.24, 2.45) is 7.05 Å². The van der Waals surface area contributed by atoms with E-state index in [9.17, 15) is 13.6 Å². The highest BCUT2D eigenvalue weighted by atomic mass is 19.3. The number of carbonyl (C=O) groups is 1. The van der Waals surface area contributed by atoms with Crippen LogP contribution in [-0.4, -0.2) is 27.5 Å². The number of nitrogens with zero attached hydrogens (tertiary/aromatic N) is 2. The quantitative estimate of drug-likeness (QED) is 0.792. The number of hydrogen-bond acceptors (Lipinski definition) is 3. The number of ether oxygens (including phenoxy) is 1. The van der Waals surface area contributed by atoms with E-state index in [1.807, 2.05) is 0 Å². The van der Waals surface area contributed by atoms with Gasteiger partial charge in [0, 0.05) is 13.1 Å². The zero-order chi connectivity index (χ0) is 10.7. The first kappa shape index (κ1) is 10.4. The maximum absolute atomic E-state index is 12.2. The van der Waals surface area contributed by atoms with Gasteiger partial charge in [0.15, 0.2) is 6.61 Å². The minimum absolute atomic E-state index is 0.120. The summed E-state index contributed by atoms with van der Waals surface area (Å²) in [6.45, 7) is -0.598. The fourth-order valence-corrected chi connectivity index (χ4v) is 0.865. The lowest BCUT2D eigenvalue weighted by atomic mass is 10.4. The topological polar surface area (TPSA) is 64.4 Å². The fraction of sp³-hybridized carbons (Fsp3) is 0.429. The Kier molecular flexibility index (Phi) is 3.00. The molecule has 1 rings (SSSR count). The molecule has 78 valence electrons. The number of hydrogen-bond donors (Lipinski definition) is 1. The Morgan fingerprint density at radius 1 is 1.79 bits per heavy atom. The first-order chi connectivity index (χ1) is 6.50. The molecule has 5 nitrogen and oxygen atoms in total. The Morgan fingerprint density at radius 3 is 2.86 bits per heavy atom. The standard InChI is InChI=1S/C7H8F2N2O3/c1-11-4(7(8)9)2-5(10-11)14-3-6(12)13/h2,7H,3H2,1H3,(H,12,13). The summed E-state index contributed by atoms with van der Waals surface area (Å²) in [7, 11) is 1.33. The van der Waals surface area contributed by atoms with Crippen LogP contribution in [0, 0.1) is 0 Å². The predicted molar refractivity (Wildman–Crippen MR) is 41.3 cm³/mol. The van der Waals surface area contributed by atoms with Crippen molar-refractivity contribution in [3.8, 4) is 5.88 Å². The summed E-state index contributed by atoms with van der Waals surface area (Å²) in [5.74, 6) is -1.31. The lowest BCUT2D eigenvalue weighted by molar-refractivity contribution is -0.139. The van der Waals surface area contributed by atoms with E-state index >= 15 is 0 Å². The number of halogens is 2. The van der Waals surface area contributed by atoms with E-state index in [-0.39, 0.29) is 11.6 Å². The molecule has 0 fully saturated rings. The first-order valence-corrected chi connectivity index (χ1v) is 3.67. The van der Waals surface area contributed by atoms with E-state index in [0.717, 1.165) is 10.7 Å². The van der Waals surface area contributed by atoms with Crippen LogP contribution in [0.4, 0.5) is 8.78 Å². The molecule has 1 N–H and O–H groups in total. The summed E-state index contributed by atoms with van der Waals surface area (Å²) in [5, 5.41) is 11.8. The number of carboxylic acid groups (broad SMARTS) is 1. The molecule has 0 bridgehead atoms. The molecule has 0 atom stereocenters. The molecule has 1 heterocycles. The van der Waals surface area contributed by atoms with Crippen LogP contribution < -0.4 is 4.74 Å². The van der Waals surface area contributed by atoms with E-state index in [0.29, 0.717) is 0 Å². The number of aliphatic carboxylic acids is 1. The third-order valence-corrected chi connectivity index (χ3v) is 1.46. The number of carboxylic acids is 1. The Morgan fingerprint density at radius 2 is 2.43 bits per heavy atom. The summed E-state index contributed by atoms with van der Waals surface area (Å²) in [6.07, 6.45) is -2.66. The molecule has 0 amide bonds. The highest BCUT2D eigenvalue weighted by Crippen LogP contribution is 2.21. The van der Waals surface area contributed by atoms with Gasteiger partial charge >= 0.3 is 5.97 Å². The van der Waals surface area contributed by atoms with Gasteiger partial charge < -0.3 is 9.84 Å². The van der Waals surface area contributed by atoms with Gasteiger partial charge in [0.2, 0.25) is 5.88 Å². The summed E-state index contributed by atoms with van der Waals surface area (Å²) in [6, 6.07) is 1.01. The van der Waals surface area contributed by atoms with Crippen molar-refractivity contribution >= 4 is 5.97 Å². The SMILES string of the molecule is Cn1nc(OCC(=O)O)cc1C(F)F.